The van der Waals surface area contributed by atoms with Gasteiger partial charge in [-0.25, -0.2) is 4.79 Å². The van der Waals surface area contributed by atoms with E-state index >= 15 is 0 Å². The summed E-state index contributed by atoms with van der Waals surface area (Å²) in [4.78, 5) is 18.9. The van der Waals surface area contributed by atoms with E-state index in [-0.39, 0.29) is 18.2 Å². The molecule has 2 saturated heterocycles. The third-order valence-corrected chi connectivity index (χ3v) is 5.15. The lowest BCUT2D eigenvalue weighted by Crippen LogP contribution is -2.55. The van der Waals surface area contributed by atoms with Crippen molar-refractivity contribution in [3.8, 4) is 0 Å². The van der Waals surface area contributed by atoms with Crippen molar-refractivity contribution in [2.75, 3.05) is 13.6 Å². The Labute approximate surface area is 161 Å². The van der Waals surface area contributed by atoms with Crippen LogP contribution in [0.5, 0.6) is 0 Å². The fourth-order valence-electron chi connectivity index (χ4n) is 4.05. The Balaban J connectivity index is 1.49. The number of amides is 1. The van der Waals surface area contributed by atoms with Gasteiger partial charge in [0.2, 0.25) is 0 Å². The average molecular weight is 377 g/mol. The molecule has 7 heteroatoms. The number of ether oxygens (including phenoxy) is 1. The topological polar surface area (TPSA) is 79.1 Å². The summed E-state index contributed by atoms with van der Waals surface area (Å²) in [7, 11) is 1.78. The van der Waals surface area contributed by atoms with Crippen molar-refractivity contribution in [3.05, 3.63) is 24.2 Å². The van der Waals surface area contributed by atoms with Gasteiger partial charge in [0.15, 0.2) is 5.96 Å². The van der Waals surface area contributed by atoms with Crippen LogP contribution in [0, 0.1) is 0 Å². The van der Waals surface area contributed by atoms with Crippen LogP contribution in [0.2, 0.25) is 0 Å². The average Bonchev–Trinajstić information content (AvgIpc) is 3.19. The first-order valence-electron chi connectivity index (χ1n) is 9.86. The van der Waals surface area contributed by atoms with E-state index < -0.39 is 5.60 Å². The molecule has 0 spiro atoms. The van der Waals surface area contributed by atoms with E-state index in [1.54, 1.807) is 13.3 Å². The molecule has 2 aliphatic heterocycles. The molecule has 1 aromatic heterocycles. The first-order valence-corrected chi connectivity index (χ1v) is 9.86. The highest BCUT2D eigenvalue weighted by Gasteiger charge is 2.45. The molecular formula is C20H32N4O3. The maximum absolute atomic E-state index is 12.6. The zero-order chi connectivity index (χ0) is 19.4. The zero-order valence-electron chi connectivity index (χ0n) is 16.8. The molecule has 2 fully saturated rings. The molecule has 3 rings (SSSR count). The zero-order valence-corrected chi connectivity index (χ0v) is 16.8. The molecular weight excluding hydrogens is 344 g/mol. The second-order valence-electron chi connectivity index (χ2n) is 8.41. The highest BCUT2D eigenvalue weighted by molar-refractivity contribution is 5.80. The van der Waals surface area contributed by atoms with Gasteiger partial charge in [-0.05, 0) is 58.6 Å². The summed E-state index contributed by atoms with van der Waals surface area (Å²) in [5.41, 5.74) is -0.453. The Bertz CT molecular complexity index is 637. The van der Waals surface area contributed by atoms with E-state index in [1.807, 2.05) is 37.8 Å². The van der Waals surface area contributed by atoms with Crippen molar-refractivity contribution in [2.24, 2.45) is 4.99 Å². The molecule has 7 nitrogen and oxygen atoms in total. The van der Waals surface area contributed by atoms with E-state index in [0.717, 1.165) is 50.4 Å². The Morgan fingerprint density at radius 2 is 2.04 bits per heavy atom. The largest absolute Gasteiger partial charge is 0.469 e. The number of furan rings is 1. The Kier molecular flexibility index (Phi) is 5.97. The minimum absolute atomic E-state index is 0.172. The SMILES string of the molecule is CN=C(NCCc1ccco1)NC1CC2CCC(C1)N2C(=O)OC(C)(C)C. The van der Waals surface area contributed by atoms with E-state index in [2.05, 4.69) is 15.6 Å². The summed E-state index contributed by atoms with van der Waals surface area (Å²) in [6.07, 6.45) is 6.28. The molecule has 0 radical (unpaired) electrons. The minimum Gasteiger partial charge on any atom is -0.469 e. The maximum atomic E-state index is 12.6. The maximum Gasteiger partial charge on any atom is 0.410 e. The van der Waals surface area contributed by atoms with Gasteiger partial charge in [-0.3, -0.25) is 4.99 Å². The molecule has 1 aromatic rings. The van der Waals surface area contributed by atoms with Gasteiger partial charge in [-0.1, -0.05) is 0 Å². The summed E-state index contributed by atoms with van der Waals surface area (Å²) in [6, 6.07) is 4.68. The summed E-state index contributed by atoms with van der Waals surface area (Å²) < 4.78 is 11.0. The minimum atomic E-state index is -0.453. The van der Waals surface area contributed by atoms with Crippen LogP contribution in [-0.4, -0.2) is 54.3 Å². The van der Waals surface area contributed by atoms with Crippen molar-refractivity contribution in [1.82, 2.24) is 15.5 Å². The number of nitrogens with one attached hydrogen (secondary N) is 2. The lowest BCUT2D eigenvalue weighted by Gasteiger charge is -2.40. The van der Waals surface area contributed by atoms with Gasteiger partial charge in [0, 0.05) is 38.1 Å². The highest BCUT2D eigenvalue weighted by Crippen LogP contribution is 2.36. The molecule has 0 aliphatic carbocycles. The smallest absolute Gasteiger partial charge is 0.410 e. The molecule has 2 bridgehead atoms. The third-order valence-electron chi connectivity index (χ3n) is 5.15. The van der Waals surface area contributed by atoms with Gasteiger partial charge in [-0.15, -0.1) is 0 Å². The van der Waals surface area contributed by atoms with Crippen LogP contribution < -0.4 is 10.6 Å². The van der Waals surface area contributed by atoms with Gasteiger partial charge in [0.1, 0.15) is 11.4 Å². The van der Waals surface area contributed by atoms with Crippen molar-refractivity contribution in [3.63, 3.8) is 0 Å². The standard InChI is InChI=1S/C20H32N4O3/c1-20(2,3)27-19(25)24-15-7-8-16(24)13-14(12-15)23-18(21-4)22-10-9-17-6-5-11-26-17/h5-6,11,14-16H,7-10,12-13H2,1-4H3,(H2,21,22,23). The molecule has 27 heavy (non-hydrogen) atoms. The number of fused-ring (bicyclic) bond motifs is 2. The van der Waals surface area contributed by atoms with Crippen LogP contribution >= 0.6 is 0 Å². The Morgan fingerprint density at radius 1 is 1.33 bits per heavy atom. The van der Waals surface area contributed by atoms with Crippen LogP contribution in [0.15, 0.2) is 27.8 Å². The lowest BCUT2D eigenvalue weighted by molar-refractivity contribution is 0.00545. The molecule has 0 aromatic carbocycles. The summed E-state index contributed by atoms with van der Waals surface area (Å²) in [6.45, 7) is 6.51. The molecule has 3 heterocycles. The number of carbonyl (C=O) groups is 1. The van der Waals surface area contributed by atoms with Gasteiger partial charge >= 0.3 is 6.09 Å². The van der Waals surface area contributed by atoms with E-state index in [1.165, 1.54) is 0 Å². The van der Waals surface area contributed by atoms with Crippen molar-refractivity contribution in [1.29, 1.82) is 0 Å². The number of guanidine groups is 1. The second-order valence-corrected chi connectivity index (χ2v) is 8.41. The highest BCUT2D eigenvalue weighted by atomic mass is 16.6. The first-order chi connectivity index (χ1) is 12.9. The Hall–Kier alpha value is -2.18. The lowest BCUT2D eigenvalue weighted by atomic mass is 9.98. The molecule has 2 unspecified atom stereocenters. The molecule has 1 amide bonds. The Morgan fingerprint density at radius 3 is 2.59 bits per heavy atom. The molecule has 2 aliphatic rings. The molecule has 2 atom stereocenters. The monoisotopic (exact) mass is 376 g/mol. The van der Waals surface area contributed by atoms with Crippen LogP contribution in [0.1, 0.15) is 52.2 Å². The van der Waals surface area contributed by atoms with Gasteiger partial charge < -0.3 is 24.7 Å². The third kappa shape index (κ3) is 5.17. The quantitative estimate of drug-likeness (QED) is 0.624. The molecule has 0 saturated carbocycles. The predicted molar refractivity (Wildman–Crippen MR) is 105 cm³/mol. The normalized spacial score (nSPS) is 25.4. The fourth-order valence-corrected chi connectivity index (χ4v) is 4.05. The number of nitrogens with zero attached hydrogens (tertiary/aromatic N) is 2. The number of aliphatic imine (C=N–C) groups is 1. The van der Waals surface area contributed by atoms with Crippen LogP contribution in [-0.2, 0) is 11.2 Å². The van der Waals surface area contributed by atoms with E-state index in [0.29, 0.717) is 6.04 Å². The van der Waals surface area contributed by atoms with Gasteiger partial charge in [0.05, 0.1) is 6.26 Å². The van der Waals surface area contributed by atoms with Crippen molar-refractivity contribution in [2.45, 2.75) is 76.6 Å². The molecule has 2 N–H and O–H groups in total. The van der Waals surface area contributed by atoms with E-state index in [9.17, 15) is 4.79 Å². The second kappa shape index (κ2) is 8.23. The number of hydrogen-bond donors (Lipinski definition) is 2. The number of rotatable bonds is 4. The van der Waals surface area contributed by atoms with Gasteiger partial charge in [-0.2, -0.15) is 0 Å². The molecule has 150 valence electrons. The summed E-state index contributed by atoms with van der Waals surface area (Å²) in [5.74, 6) is 1.76. The van der Waals surface area contributed by atoms with Crippen LogP contribution in [0.25, 0.3) is 0 Å². The fraction of sp³-hybridized carbons (Fsp3) is 0.700. The summed E-state index contributed by atoms with van der Waals surface area (Å²) in [5, 5.41) is 6.87. The van der Waals surface area contributed by atoms with Crippen LogP contribution in [0.3, 0.4) is 0 Å². The number of carbonyl (C=O) groups excluding carboxylic acids is 1. The van der Waals surface area contributed by atoms with Crippen LogP contribution in [0.4, 0.5) is 4.79 Å². The van der Waals surface area contributed by atoms with Gasteiger partial charge in [0.25, 0.3) is 0 Å². The first kappa shape index (κ1) is 19.6. The summed E-state index contributed by atoms with van der Waals surface area (Å²) >= 11 is 0. The predicted octanol–water partition coefficient (Wildman–Crippen LogP) is 2.92. The number of hydrogen-bond acceptors (Lipinski definition) is 4. The van der Waals surface area contributed by atoms with Crippen molar-refractivity contribution < 1.29 is 13.9 Å². The van der Waals surface area contributed by atoms with Crippen molar-refractivity contribution >= 4 is 12.1 Å². The number of piperidine rings is 1. The van der Waals surface area contributed by atoms with E-state index in [4.69, 9.17) is 9.15 Å².